The Kier molecular flexibility index (Phi) is 8.36. The second kappa shape index (κ2) is 11.1. The number of amides is 2. The number of carbonyl (C=O) groups excluding carboxylic acids is 2. The van der Waals surface area contributed by atoms with Gasteiger partial charge < -0.3 is 15.4 Å². The van der Waals surface area contributed by atoms with Crippen molar-refractivity contribution in [2.45, 2.75) is 26.4 Å². The monoisotopic (exact) mass is 354 g/mol. The zero-order valence-electron chi connectivity index (χ0n) is 15.2. The topological polar surface area (TPSA) is 67.4 Å². The predicted octanol–water partition coefficient (Wildman–Crippen LogP) is 2.84. The van der Waals surface area contributed by atoms with Gasteiger partial charge >= 0.3 is 0 Å². The molecule has 2 amide bonds. The van der Waals surface area contributed by atoms with Gasteiger partial charge in [0.2, 0.25) is 5.91 Å². The van der Waals surface area contributed by atoms with Crippen molar-refractivity contribution < 1.29 is 14.3 Å². The third-order valence-corrected chi connectivity index (χ3v) is 3.93. The van der Waals surface area contributed by atoms with Crippen molar-refractivity contribution in [3.05, 3.63) is 71.3 Å². The Morgan fingerprint density at radius 2 is 1.65 bits per heavy atom. The maximum absolute atomic E-state index is 12.0. The number of carbonyl (C=O) groups is 2. The molecule has 0 fully saturated rings. The summed E-state index contributed by atoms with van der Waals surface area (Å²) in [5.74, 6) is -0.219. The molecule has 0 saturated carbocycles. The molecule has 26 heavy (non-hydrogen) atoms. The molecule has 0 spiro atoms. The van der Waals surface area contributed by atoms with E-state index >= 15 is 0 Å². The van der Waals surface area contributed by atoms with Gasteiger partial charge in [-0.15, -0.1) is 0 Å². The highest BCUT2D eigenvalue weighted by Gasteiger charge is 2.08. The summed E-state index contributed by atoms with van der Waals surface area (Å²) < 4.78 is 5.57. The van der Waals surface area contributed by atoms with E-state index in [1.54, 1.807) is 6.07 Å². The van der Waals surface area contributed by atoms with Gasteiger partial charge in [0.05, 0.1) is 6.61 Å². The van der Waals surface area contributed by atoms with Gasteiger partial charge in [-0.3, -0.25) is 9.59 Å². The lowest BCUT2D eigenvalue weighted by atomic mass is 10.1. The summed E-state index contributed by atoms with van der Waals surface area (Å²) >= 11 is 0. The van der Waals surface area contributed by atoms with E-state index in [-0.39, 0.29) is 18.2 Å². The smallest absolute Gasteiger partial charge is 0.251 e. The zero-order valence-corrected chi connectivity index (χ0v) is 15.2. The summed E-state index contributed by atoms with van der Waals surface area (Å²) in [7, 11) is 0. The Labute approximate surface area is 154 Å². The van der Waals surface area contributed by atoms with Gasteiger partial charge in [-0.25, -0.2) is 0 Å². The summed E-state index contributed by atoms with van der Waals surface area (Å²) in [6, 6.07) is 17.4. The molecule has 2 rings (SSSR count). The van der Waals surface area contributed by atoms with Crippen LogP contribution < -0.4 is 10.6 Å². The highest BCUT2D eigenvalue weighted by molar-refractivity contribution is 5.95. The first-order valence-corrected chi connectivity index (χ1v) is 8.89. The summed E-state index contributed by atoms with van der Waals surface area (Å²) in [4.78, 5) is 23.8. The van der Waals surface area contributed by atoms with Crippen LogP contribution in [0.1, 0.15) is 34.3 Å². The Morgan fingerprint density at radius 1 is 0.923 bits per heavy atom. The van der Waals surface area contributed by atoms with Crippen LogP contribution in [0, 0.1) is 6.92 Å². The molecule has 2 aromatic rings. The average molecular weight is 354 g/mol. The fourth-order valence-electron chi connectivity index (χ4n) is 2.47. The lowest BCUT2D eigenvalue weighted by Gasteiger charge is -2.08. The maximum atomic E-state index is 12.0. The number of nitrogens with one attached hydrogen (secondary N) is 2. The lowest BCUT2D eigenvalue weighted by Crippen LogP contribution is -2.31. The first-order chi connectivity index (χ1) is 12.7. The molecule has 0 atom stereocenters. The molecule has 0 heterocycles. The van der Waals surface area contributed by atoms with E-state index in [1.807, 2.05) is 55.5 Å². The number of hydrogen-bond acceptors (Lipinski definition) is 3. The Morgan fingerprint density at radius 3 is 2.42 bits per heavy atom. The van der Waals surface area contributed by atoms with Crippen molar-refractivity contribution >= 4 is 11.8 Å². The zero-order chi connectivity index (χ0) is 18.6. The Hall–Kier alpha value is -2.66. The van der Waals surface area contributed by atoms with Crippen molar-refractivity contribution in [3.63, 3.8) is 0 Å². The number of benzene rings is 2. The van der Waals surface area contributed by atoms with Gasteiger partial charge in [-0.1, -0.05) is 48.5 Å². The molecule has 2 N–H and O–H groups in total. The lowest BCUT2D eigenvalue weighted by molar-refractivity contribution is -0.121. The Bertz CT molecular complexity index is 701. The average Bonchev–Trinajstić information content (AvgIpc) is 2.65. The van der Waals surface area contributed by atoms with Crippen LogP contribution in [0.15, 0.2) is 54.6 Å². The van der Waals surface area contributed by atoms with Crippen molar-refractivity contribution in [3.8, 4) is 0 Å². The van der Waals surface area contributed by atoms with Crippen LogP contribution in [0.3, 0.4) is 0 Å². The van der Waals surface area contributed by atoms with E-state index in [0.29, 0.717) is 31.9 Å². The molecular formula is C21H26N2O3. The van der Waals surface area contributed by atoms with Gasteiger partial charge in [0.1, 0.15) is 0 Å². The molecule has 0 aliphatic rings. The quantitative estimate of drug-likeness (QED) is 0.645. The first kappa shape index (κ1) is 19.7. The SMILES string of the molecule is Cc1ccccc1C(=O)NCCC(=O)NCCCOCc1ccccc1. The summed E-state index contributed by atoms with van der Waals surface area (Å²) in [6.45, 7) is 3.96. The molecule has 2 aromatic carbocycles. The minimum absolute atomic E-state index is 0.0712. The van der Waals surface area contributed by atoms with Crippen LogP contribution in [-0.4, -0.2) is 31.5 Å². The normalized spacial score (nSPS) is 10.3. The van der Waals surface area contributed by atoms with Gasteiger partial charge in [0.25, 0.3) is 5.91 Å². The second-order valence-corrected chi connectivity index (χ2v) is 6.06. The van der Waals surface area contributed by atoms with E-state index in [9.17, 15) is 9.59 Å². The van der Waals surface area contributed by atoms with E-state index < -0.39 is 0 Å². The van der Waals surface area contributed by atoms with Gasteiger partial charge in [-0.2, -0.15) is 0 Å². The van der Waals surface area contributed by atoms with E-state index in [4.69, 9.17) is 4.74 Å². The highest BCUT2D eigenvalue weighted by atomic mass is 16.5. The molecule has 0 aromatic heterocycles. The molecule has 0 aliphatic carbocycles. The summed E-state index contributed by atoms with van der Waals surface area (Å²) in [6.07, 6.45) is 1.02. The predicted molar refractivity (Wildman–Crippen MR) is 102 cm³/mol. The summed E-state index contributed by atoms with van der Waals surface area (Å²) in [5, 5.41) is 5.61. The second-order valence-electron chi connectivity index (χ2n) is 6.06. The molecule has 0 unspecified atom stereocenters. The third-order valence-electron chi connectivity index (χ3n) is 3.93. The van der Waals surface area contributed by atoms with Crippen LogP contribution in [0.25, 0.3) is 0 Å². The van der Waals surface area contributed by atoms with Gasteiger partial charge in [-0.05, 0) is 30.5 Å². The Balaban J connectivity index is 1.51. The molecular weight excluding hydrogens is 328 g/mol. The largest absolute Gasteiger partial charge is 0.377 e. The van der Waals surface area contributed by atoms with Crippen LogP contribution in [0.5, 0.6) is 0 Å². The number of rotatable bonds is 10. The first-order valence-electron chi connectivity index (χ1n) is 8.89. The molecule has 0 radical (unpaired) electrons. The molecule has 0 saturated heterocycles. The number of hydrogen-bond donors (Lipinski definition) is 2. The van der Waals surface area contributed by atoms with Crippen LogP contribution in [0.4, 0.5) is 0 Å². The molecule has 0 aliphatic heterocycles. The van der Waals surface area contributed by atoms with E-state index in [1.165, 1.54) is 0 Å². The number of ether oxygens (including phenoxy) is 1. The van der Waals surface area contributed by atoms with Crippen LogP contribution in [-0.2, 0) is 16.1 Å². The van der Waals surface area contributed by atoms with Crippen LogP contribution in [0.2, 0.25) is 0 Å². The van der Waals surface area contributed by atoms with Crippen molar-refractivity contribution in [1.29, 1.82) is 0 Å². The fraction of sp³-hybridized carbons (Fsp3) is 0.333. The molecule has 5 nitrogen and oxygen atoms in total. The third kappa shape index (κ3) is 7.07. The van der Waals surface area contributed by atoms with Crippen molar-refractivity contribution in [2.24, 2.45) is 0 Å². The summed E-state index contributed by atoms with van der Waals surface area (Å²) in [5.41, 5.74) is 2.70. The van der Waals surface area contributed by atoms with Gasteiger partial charge in [0, 0.05) is 31.7 Å². The van der Waals surface area contributed by atoms with Crippen molar-refractivity contribution in [2.75, 3.05) is 19.7 Å². The molecule has 138 valence electrons. The standard InChI is InChI=1S/C21H26N2O3/c1-17-8-5-6-11-19(17)21(25)23-14-12-20(24)22-13-7-15-26-16-18-9-3-2-4-10-18/h2-6,8-11H,7,12-16H2,1H3,(H,22,24)(H,23,25). The highest BCUT2D eigenvalue weighted by Crippen LogP contribution is 2.06. The van der Waals surface area contributed by atoms with E-state index in [0.717, 1.165) is 17.5 Å². The minimum atomic E-state index is -0.148. The minimum Gasteiger partial charge on any atom is -0.377 e. The fourth-order valence-corrected chi connectivity index (χ4v) is 2.47. The van der Waals surface area contributed by atoms with E-state index in [2.05, 4.69) is 10.6 Å². The van der Waals surface area contributed by atoms with Gasteiger partial charge in [0.15, 0.2) is 0 Å². The van der Waals surface area contributed by atoms with Crippen molar-refractivity contribution in [1.82, 2.24) is 10.6 Å². The number of aryl methyl sites for hydroxylation is 1. The maximum Gasteiger partial charge on any atom is 0.251 e. The molecule has 5 heteroatoms. The van der Waals surface area contributed by atoms with Crippen LogP contribution >= 0.6 is 0 Å². The molecule has 0 bridgehead atoms.